The molecule has 0 radical (unpaired) electrons. The number of methoxy groups -OCH3 is 2. The van der Waals surface area contributed by atoms with Crippen LogP contribution in [0.25, 0.3) is 0 Å². The van der Waals surface area contributed by atoms with Crippen LogP contribution in [-0.4, -0.2) is 65.2 Å². The zero-order chi connectivity index (χ0) is 20.1. The number of hydrogen-bond acceptors (Lipinski definition) is 6. The second kappa shape index (κ2) is 9.11. The number of ether oxygens (including phenoxy) is 3. The molecule has 8 nitrogen and oxygen atoms in total. The number of carbonyl (C=O) groups excluding carboxylic acids is 1. The van der Waals surface area contributed by atoms with Crippen LogP contribution in [-0.2, 0) is 19.6 Å². The maximum Gasteiger partial charge on any atom is 0.243 e. The Morgan fingerprint density at radius 3 is 2.68 bits per heavy atom. The number of carbonyl (C=O) groups is 1. The van der Waals surface area contributed by atoms with Gasteiger partial charge in [0, 0.05) is 32.3 Å². The van der Waals surface area contributed by atoms with Crippen molar-refractivity contribution in [3.8, 4) is 11.5 Å². The average Bonchev–Trinajstić information content (AvgIpc) is 3.25. The predicted molar refractivity (Wildman–Crippen MR) is 103 cm³/mol. The molecule has 0 aliphatic carbocycles. The molecule has 1 N–H and O–H groups in total. The fourth-order valence-electron chi connectivity index (χ4n) is 3.66. The summed E-state index contributed by atoms with van der Waals surface area (Å²) in [7, 11) is -0.765. The molecule has 1 aromatic carbocycles. The van der Waals surface area contributed by atoms with Crippen LogP contribution in [0, 0.1) is 5.92 Å². The van der Waals surface area contributed by atoms with Crippen molar-refractivity contribution < 1.29 is 27.4 Å². The van der Waals surface area contributed by atoms with E-state index in [-0.39, 0.29) is 29.4 Å². The Kier molecular flexibility index (Phi) is 6.79. The number of hydrogen-bond donors (Lipinski definition) is 1. The van der Waals surface area contributed by atoms with Crippen LogP contribution in [0.3, 0.4) is 0 Å². The molecule has 1 amide bonds. The minimum Gasteiger partial charge on any atom is -0.493 e. The Hall–Kier alpha value is -1.84. The van der Waals surface area contributed by atoms with Gasteiger partial charge in [0.05, 0.1) is 31.1 Å². The molecule has 2 atom stereocenters. The minimum absolute atomic E-state index is 0.0686. The highest BCUT2D eigenvalue weighted by molar-refractivity contribution is 7.89. The van der Waals surface area contributed by atoms with Crippen LogP contribution in [0.15, 0.2) is 23.1 Å². The van der Waals surface area contributed by atoms with E-state index in [1.54, 1.807) is 6.07 Å². The molecule has 156 valence electrons. The minimum atomic E-state index is -3.72. The van der Waals surface area contributed by atoms with Crippen molar-refractivity contribution in [1.82, 2.24) is 9.62 Å². The van der Waals surface area contributed by atoms with Crippen molar-refractivity contribution >= 4 is 15.9 Å². The molecule has 2 aliphatic heterocycles. The van der Waals surface area contributed by atoms with Gasteiger partial charge in [-0.05, 0) is 37.8 Å². The normalized spacial score (nSPS) is 23.4. The van der Waals surface area contributed by atoms with Gasteiger partial charge in [0.25, 0.3) is 0 Å². The largest absolute Gasteiger partial charge is 0.493 e. The van der Waals surface area contributed by atoms with E-state index in [0.29, 0.717) is 37.4 Å². The van der Waals surface area contributed by atoms with Gasteiger partial charge in [-0.3, -0.25) is 4.79 Å². The molecule has 2 fully saturated rings. The van der Waals surface area contributed by atoms with E-state index in [4.69, 9.17) is 14.2 Å². The molecule has 9 heteroatoms. The number of sulfonamides is 1. The molecule has 0 saturated carbocycles. The molecule has 28 heavy (non-hydrogen) atoms. The van der Waals surface area contributed by atoms with Crippen LogP contribution in [0.2, 0.25) is 0 Å². The van der Waals surface area contributed by atoms with E-state index >= 15 is 0 Å². The summed E-state index contributed by atoms with van der Waals surface area (Å²) in [5.41, 5.74) is 0. The Balaban J connectivity index is 1.67. The molecule has 0 unspecified atom stereocenters. The zero-order valence-electron chi connectivity index (χ0n) is 16.3. The third-order valence-corrected chi connectivity index (χ3v) is 7.14. The topological polar surface area (TPSA) is 94.2 Å². The van der Waals surface area contributed by atoms with Gasteiger partial charge in [0.2, 0.25) is 15.9 Å². The Morgan fingerprint density at radius 1 is 1.21 bits per heavy atom. The summed E-state index contributed by atoms with van der Waals surface area (Å²) in [6, 6.07) is 4.52. The highest BCUT2D eigenvalue weighted by Crippen LogP contribution is 2.32. The van der Waals surface area contributed by atoms with Crippen molar-refractivity contribution in [2.75, 3.05) is 40.5 Å². The Morgan fingerprint density at radius 2 is 2.00 bits per heavy atom. The lowest BCUT2D eigenvalue weighted by molar-refractivity contribution is -0.126. The van der Waals surface area contributed by atoms with Crippen molar-refractivity contribution in [3.63, 3.8) is 0 Å². The van der Waals surface area contributed by atoms with E-state index in [0.717, 1.165) is 19.4 Å². The lowest BCUT2D eigenvalue weighted by atomic mass is 9.99. The molecule has 2 saturated heterocycles. The van der Waals surface area contributed by atoms with Gasteiger partial charge >= 0.3 is 0 Å². The van der Waals surface area contributed by atoms with E-state index in [2.05, 4.69) is 5.32 Å². The lowest BCUT2D eigenvalue weighted by Gasteiger charge is -2.31. The number of benzene rings is 1. The number of rotatable bonds is 7. The maximum atomic E-state index is 13.1. The third kappa shape index (κ3) is 4.59. The fourth-order valence-corrected chi connectivity index (χ4v) is 5.20. The third-order valence-electron chi connectivity index (χ3n) is 5.28. The SMILES string of the molecule is COc1ccc(S(=O)(=O)N2CCC[C@H](C(=O)NC[C@@H]3CCCO3)C2)cc1OC. The zero-order valence-corrected chi connectivity index (χ0v) is 17.2. The summed E-state index contributed by atoms with van der Waals surface area (Å²) in [6.45, 7) is 1.79. The molecule has 2 heterocycles. The summed E-state index contributed by atoms with van der Waals surface area (Å²) in [5.74, 6) is 0.353. The molecule has 0 bridgehead atoms. The van der Waals surface area contributed by atoms with Crippen molar-refractivity contribution in [2.45, 2.75) is 36.7 Å². The van der Waals surface area contributed by atoms with E-state index in [9.17, 15) is 13.2 Å². The van der Waals surface area contributed by atoms with E-state index in [1.807, 2.05) is 0 Å². The lowest BCUT2D eigenvalue weighted by Crippen LogP contribution is -2.46. The van der Waals surface area contributed by atoms with Gasteiger partial charge in [-0.2, -0.15) is 4.31 Å². The van der Waals surface area contributed by atoms with Crippen LogP contribution in [0.1, 0.15) is 25.7 Å². The first-order valence-corrected chi connectivity index (χ1v) is 11.0. The molecule has 1 aromatic rings. The van der Waals surface area contributed by atoms with Crippen LogP contribution >= 0.6 is 0 Å². The van der Waals surface area contributed by atoms with Gasteiger partial charge < -0.3 is 19.5 Å². The second-order valence-corrected chi connectivity index (χ2v) is 9.04. The first-order valence-electron chi connectivity index (χ1n) is 9.57. The van der Waals surface area contributed by atoms with E-state index in [1.165, 1.54) is 30.7 Å². The number of nitrogens with one attached hydrogen (secondary N) is 1. The van der Waals surface area contributed by atoms with Gasteiger partial charge in [0.1, 0.15) is 0 Å². The second-order valence-electron chi connectivity index (χ2n) is 7.10. The monoisotopic (exact) mass is 412 g/mol. The van der Waals surface area contributed by atoms with Crippen LogP contribution in [0.4, 0.5) is 0 Å². The number of nitrogens with zero attached hydrogens (tertiary/aromatic N) is 1. The standard InChI is InChI=1S/C19H28N2O6S/c1-25-17-8-7-16(11-18(17)26-2)28(23,24)21-9-3-5-14(13-21)19(22)20-12-15-6-4-10-27-15/h7-8,11,14-15H,3-6,9-10,12-13H2,1-2H3,(H,20,22)/t14-,15-/m0/s1. The fraction of sp³-hybridized carbons (Fsp3) is 0.632. The molecular weight excluding hydrogens is 384 g/mol. The highest BCUT2D eigenvalue weighted by Gasteiger charge is 2.34. The van der Waals surface area contributed by atoms with Gasteiger partial charge in [-0.1, -0.05) is 0 Å². The summed E-state index contributed by atoms with van der Waals surface area (Å²) in [5, 5.41) is 2.92. The Labute approximate surface area is 166 Å². The number of piperidine rings is 1. The van der Waals surface area contributed by atoms with Crippen LogP contribution < -0.4 is 14.8 Å². The summed E-state index contributed by atoms with van der Waals surface area (Å²) in [6.07, 6.45) is 3.35. The van der Waals surface area contributed by atoms with Crippen LogP contribution in [0.5, 0.6) is 11.5 Å². The van der Waals surface area contributed by atoms with Crippen molar-refractivity contribution in [3.05, 3.63) is 18.2 Å². The molecule has 2 aliphatic rings. The van der Waals surface area contributed by atoms with Gasteiger partial charge in [-0.15, -0.1) is 0 Å². The smallest absolute Gasteiger partial charge is 0.243 e. The van der Waals surface area contributed by atoms with Gasteiger partial charge in [0.15, 0.2) is 11.5 Å². The van der Waals surface area contributed by atoms with E-state index < -0.39 is 10.0 Å². The summed E-state index contributed by atoms with van der Waals surface area (Å²) >= 11 is 0. The molecule has 3 rings (SSSR count). The molecule has 0 spiro atoms. The molecule has 0 aromatic heterocycles. The number of amides is 1. The first kappa shape index (κ1) is 20.9. The Bertz CT molecular complexity index is 792. The maximum absolute atomic E-state index is 13.1. The first-order chi connectivity index (χ1) is 13.5. The highest BCUT2D eigenvalue weighted by atomic mass is 32.2. The quantitative estimate of drug-likeness (QED) is 0.728. The summed E-state index contributed by atoms with van der Waals surface area (Å²) in [4.78, 5) is 12.7. The van der Waals surface area contributed by atoms with Crippen molar-refractivity contribution in [1.29, 1.82) is 0 Å². The van der Waals surface area contributed by atoms with Gasteiger partial charge in [-0.25, -0.2) is 8.42 Å². The average molecular weight is 413 g/mol. The molecular formula is C19H28N2O6S. The summed E-state index contributed by atoms with van der Waals surface area (Å²) < 4.78 is 43.4. The van der Waals surface area contributed by atoms with Crippen molar-refractivity contribution in [2.24, 2.45) is 5.92 Å². The predicted octanol–water partition coefficient (Wildman–Crippen LogP) is 1.40.